The van der Waals surface area contributed by atoms with Crippen molar-refractivity contribution in [3.8, 4) is 0 Å². The largest absolute Gasteiger partial charge is 0.307 e. The lowest BCUT2D eigenvalue weighted by Crippen LogP contribution is -2.24. The van der Waals surface area contributed by atoms with E-state index in [0.29, 0.717) is 16.6 Å². The van der Waals surface area contributed by atoms with Crippen molar-refractivity contribution in [3.63, 3.8) is 0 Å². The van der Waals surface area contributed by atoms with Crippen molar-refractivity contribution in [1.29, 1.82) is 0 Å². The standard InChI is InChI=1S/C12H13BrFNO/c1-2-6-15-8-10(16)7-9-4-3-5-11(14)12(9)13/h2-5,15H,1,6-8H2. The van der Waals surface area contributed by atoms with Crippen LogP contribution >= 0.6 is 15.9 Å². The molecule has 4 heteroatoms. The Hall–Kier alpha value is -1.00. The summed E-state index contributed by atoms with van der Waals surface area (Å²) in [6.07, 6.45) is 1.91. The predicted octanol–water partition coefficient (Wildman–Crippen LogP) is 2.48. The van der Waals surface area contributed by atoms with Gasteiger partial charge in [-0.15, -0.1) is 6.58 Å². The fourth-order valence-electron chi connectivity index (χ4n) is 1.27. The second kappa shape index (κ2) is 6.55. The molecule has 0 amide bonds. The van der Waals surface area contributed by atoms with E-state index < -0.39 is 0 Å². The number of nitrogens with one attached hydrogen (secondary N) is 1. The molecule has 1 aromatic rings. The lowest BCUT2D eigenvalue weighted by molar-refractivity contribution is -0.117. The molecular formula is C12H13BrFNO. The third kappa shape index (κ3) is 3.87. The van der Waals surface area contributed by atoms with Crippen LogP contribution in [0.1, 0.15) is 5.56 Å². The number of halogens is 2. The molecule has 0 heterocycles. The Morgan fingerprint density at radius 1 is 1.56 bits per heavy atom. The lowest BCUT2D eigenvalue weighted by Gasteiger charge is -2.05. The zero-order valence-electron chi connectivity index (χ0n) is 8.80. The second-order valence-electron chi connectivity index (χ2n) is 3.35. The lowest BCUT2D eigenvalue weighted by atomic mass is 10.1. The van der Waals surface area contributed by atoms with Crippen molar-refractivity contribution < 1.29 is 9.18 Å². The number of ketones is 1. The Labute approximate surface area is 103 Å². The van der Waals surface area contributed by atoms with Crippen LogP contribution in [0.15, 0.2) is 35.3 Å². The minimum atomic E-state index is -0.343. The molecule has 2 nitrogen and oxygen atoms in total. The van der Waals surface area contributed by atoms with Crippen LogP contribution in [0, 0.1) is 5.82 Å². The highest BCUT2D eigenvalue weighted by Crippen LogP contribution is 2.20. The number of rotatable bonds is 6. The first kappa shape index (κ1) is 13.1. The van der Waals surface area contributed by atoms with Gasteiger partial charge in [0.25, 0.3) is 0 Å². The van der Waals surface area contributed by atoms with Crippen molar-refractivity contribution in [1.82, 2.24) is 5.32 Å². The molecule has 0 saturated carbocycles. The van der Waals surface area contributed by atoms with Crippen molar-refractivity contribution in [3.05, 3.63) is 46.7 Å². The molecular weight excluding hydrogens is 273 g/mol. The van der Waals surface area contributed by atoms with E-state index in [1.807, 2.05) is 0 Å². The highest BCUT2D eigenvalue weighted by molar-refractivity contribution is 9.10. The van der Waals surface area contributed by atoms with Gasteiger partial charge in [0.05, 0.1) is 11.0 Å². The SMILES string of the molecule is C=CCNCC(=O)Cc1cccc(F)c1Br. The average molecular weight is 286 g/mol. The van der Waals surface area contributed by atoms with Gasteiger partial charge in [-0.05, 0) is 27.6 Å². The van der Waals surface area contributed by atoms with Gasteiger partial charge in [0, 0.05) is 13.0 Å². The Bertz CT molecular complexity index is 393. The van der Waals surface area contributed by atoms with Gasteiger partial charge in [-0.1, -0.05) is 18.2 Å². The van der Waals surface area contributed by atoms with Gasteiger partial charge >= 0.3 is 0 Å². The van der Waals surface area contributed by atoms with Crippen molar-refractivity contribution in [2.24, 2.45) is 0 Å². The molecule has 0 aliphatic heterocycles. The molecule has 0 saturated heterocycles. The van der Waals surface area contributed by atoms with Gasteiger partial charge in [0.1, 0.15) is 5.82 Å². The summed E-state index contributed by atoms with van der Waals surface area (Å²) in [7, 11) is 0. The quantitative estimate of drug-likeness (QED) is 0.643. The molecule has 0 radical (unpaired) electrons. The van der Waals surface area contributed by atoms with Gasteiger partial charge in [-0.2, -0.15) is 0 Å². The number of benzene rings is 1. The Balaban J connectivity index is 2.56. The van der Waals surface area contributed by atoms with Gasteiger partial charge in [-0.25, -0.2) is 4.39 Å². The van der Waals surface area contributed by atoms with E-state index in [0.717, 1.165) is 0 Å². The normalized spacial score (nSPS) is 10.1. The Morgan fingerprint density at radius 2 is 2.31 bits per heavy atom. The number of hydrogen-bond acceptors (Lipinski definition) is 2. The molecule has 0 spiro atoms. The zero-order valence-corrected chi connectivity index (χ0v) is 10.4. The monoisotopic (exact) mass is 285 g/mol. The molecule has 16 heavy (non-hydrogen) atoms. The predicted molar refractivity (Wildman–Crippen MR) is 65.9 cm³/mol. The second-order valence-corrected chi connectivity index (χ2v) is 4.14. The van der Waals surface area contributed by atoms with E-state index in [-0.39, 0.29) is 24.6 Å². The number of Topliss-reactive ketones (excluding diaryl/α,β-unsaturated/α-hetero) is 1. The minimum Gasteiger partial charge on any atom is -0.307 e. The van der Waals surface area contributed by atoms with Crippen LogP contribution in [-0.2, 0) is 11.2 Å². The fraction of sp³-hybridized carbons (Fsp3) is 0.250. The van der Waals surface area contributed by atoms with Gasteiger partial charge in [-0.3, -0.25) is 4.79 Å². The first-order valence-electron chi connectivity index (χ1n) is 4.91. The summed E-state index contributed by atoms with van der Waals surface area (Å²) in [6, 6.07) is 4.69. The fourth-order valence-corrected chi connectivity index (χ4v) is 1.68. The maximum Gasteiger partial charge on any atom is 0.151 e. The highest BCUT2D eigenvalue weighted by Gasteiger charge is 2.09. The molecule has 1 aromatic carbocycles. The van der Waals surface area contributed by atoms with E-state index in [9.17, 15) is 9.18 Å². The topological polar surface area (TPSA) is 29.1 Å². The van der Waals surface area contributed by atoms with E-state index >= 15 is 0 Å². The maximum atomic E-state index is 13.1. The number of carbonyl (C=O) groups excluding carboxylic acids is 1. The molecule has 0 bridgehead atoms. The van der Waals surface area contributed by atoms with Crippen molar-refractivity contribution in [2.75, 3.05) is 13.1 Å². The maximum absolute atomic E-state index is 13.1. The van der Waals surface area contributed by atoms with Crippen LogP contribution in [0.5, 0.6) is 0 Å². The van der Waals surface area contributed by atoms with Gasteiger partial charge in [0.15, 0.2) is 5.78 Å². The molecule has 0 atom stereocenters. The van der Waals surface area contributed by atoms with Crippen LogP contribution in [0.2, 0.25) is 0 Å². The summed E-state index contributed by atoms with van der Waals surface area (Å²) in [5.41, 5.74) is 0.672. The Morgan fingerprint density at radius 3 is 3.00 bits per heavy atom. The van der Waals surface area contributed by atoms with Crippen LogP contribution in [0.3, 0.4) is 0 Å². The highest BCUT2D eigenvalue weighted by atomic mass is 79.9. The smallest absolute Gasteiger partial charge is 0.151 e. The minimum absolute atomic E-state index is 0.0214. The van der Waals surface area contributed by atoms with E-state index in [1.54, 1.807) is 18.2 Å². The summed E-state index contributed by atoms with van der Waals surface area (Å²) in [5.74, 6) is -0.322. The molecule has 0 fully saturated rings. The molecule has 0 aliphatic carbocycles. The van der Waals surface area contributed by atoms with E-state index in [1.165, 1.54) is 6.07 Å². The zero-order chi connectivity index (χ0) is 12.0. The summed E-state index contributed by atoms with van der Waals surface area (Å²) in [4.78, 5) is 11.5. The third-order valence-corrected chi connectivity index (χ3v) is 2.92. The average Bonchev–Trinajstić information content (AvgIpc) is 2.25. The van der Waals surface area contributed by atoms with Crippen LogP contribution < -0.4 is 5.32 Å². The summed E-state index contributed by atoms with van der Waals surface area (Å²) >= 11 is 3.13. The summed E-state index contributed by atoms with van der Waals surface area (Å²) < 4.78 is 13.5. The third-order valence-electron chi connectivity index (χ3n) is 2.03. The number of hydrogen-bond donors (Lipinski definition) is 1. The van der Waals surface area contributed by atoms with Gasteiger partial charge < -0.3 is 5.32 Å². The Kier molecular flexibility index (Phi) is 5.35. The molecule has 0 unspecified atom stereocenters. The summed E-state index contributed by atoms with van der Waals surface area (Å²) in [5, 5.41) is 2.91. The van der Waals surface area contributed by atoms with Crippen LogP contribution in [0.25, 0.3) is 0 Å². The van der Waals surface area contributed by atoms with Crippen LogP contribution in [-0.4, -0.2) is 18.9 Å². The van der Waals surface area contributed by atoms with E-state index in [2.05, 4.69) is 27.8 Å². The van der Waals surface area contributed by atoms with Crippen LogP contribution in [0.4, 0.5) is 4.39 Å². The van der Waals surface area contributed by atoms with Crippen molar-refractivity contribution >= 4 is 21.7 Å². The van der Waals surface area contributed by atoms with Gasteiger partial charge in [0.2, 0.25) is 0 Å². The molecule has 86 valence electrons. The van der Waals surface area contributed by atoms with E-state index in [4.69, 9.17) is 0 Å². The summed E-state index contributed by atoms with van der Waals surface area (Å²) in [6.45, 7) is 4.40. The number of carbonyl (C=O) groups is 1. The first-order valence-corrected chi connectivity index (χ1v) is 5.70. The molecule has 1 N–H and O–H groups in total. The first-order chi connectivity index (χ1) is 7.65. The molecule has 0 aromatic heterocycles. The molecule has 0 aliphatic rings. The van der Waals surface area contributed by atoms with Crippen molar-refractivity contribution in [2.45, 2.75) is 6.42 Å². The molecule has 1 rings (SSSR count).